The Morgan fingerprint density at radius 3 is 2.75 bits per heavy atom. The first kappa shape index (κ1) is 12.0. The highest BCUT2D eigenvalue weighted by Crippen LogP contribution is 2.34. The van der Waals surface area contributed by atoms with Crippen molar-refractivity contribution >= 4 is 26.0 Å². The van der Waals surface area contributed by atoms with Crippen molar-refractivity contribution in [2.24, 2.45) is 13.0 Å². The summed E-state index contributed by atoms with van der Waals surface area (Å²) in [6, 6.07) is 0.0665. The molecule has 0 aliphatic heterocycles. The van der Waals surface area contributed by atoms with E-state index >= 15 is 0 Å². The number of aryl methyl sites for hydroxylation is 1. The van der Waals surface area contributed by atoms with Gasteiger partial charge >= 0.3 is 0 Å². The van der Waals surface area contributed by atoms with Crippen molar-refractivity contribution in [2.75, 3.05) is 0 Å². The minimum Gasteiger partial charge on any atom is -0.235 e. The third-order valence-electron chi connectivity index (χ3n) is 2.75. The van der Waals surface area contributed by atoms with Crippen molar-refractivity contribution in [3.63, 3.8) is 0 Å². The molecule has 8 heteroatoms. The predicted molar refractivity (Wildman–Crippen MR) is 61.2 cm³/mol. The van der Waals surface area contributed by atoms with Crippen molar-refractivity contribution in [1.82, 2.24) is 19.7 Å². The maximum absolute atomic E-state index is 12.0. The molecule has 90 valence electrons. The highest BCUT2D eigenvalue weighted by atomic mass is 79.9. The molecule has 16 heavy (non-hydrogen) atoms. The molecule has 1 aliphatic rings. The van der Waals surface area contributed by atoms with Crippen LogP contribution in [-0.2, 0) is 17.1 Å². The average molecular weight is 309 g/mol. The van der Waals surface area contributed by atoms with Gasteiger partial charge in [0.2, 0.25) is 5.03 Å². The number of aromatic nitrogens is 3. The number of halogens is 1. The van der Waals surface area contributed by atoms with Gasteiger partial charge < -0.3 is 0 Å². The molecule has 0 radical (unpaired) electrons. The van der Waals surface area contributed by atoms with E-state index in [1.807, 2.05) is 0 Å². The van der Waals surface area contributed by atoms with Crippen LogP contribution in [0.25, 0.3) is 0 Å². The van der Waals surface area contributed by atoms with Crippen LogP contribution in [0.5, 0.6) is 0 Å². The first-order valence-electron chi connectivity index (χ1n) is 5.03. The zero-order chi connectivity index (χ0) is 11.9. The fraction of sp³-hybridized carbons (Fsp3) is 0.750. The Balaban J connectivity index is 2.20. The zero-order valence-electron chi connectivity index (χ0n) is 9.01. The number of nitrogens with zero attached hydrogens (tertiary/aromatic N) is 3. The van der Waals surface area contributed by atoms with Crippen LogP contribution in [0, 0.1) is 5.92 Å². The number of hydrogen-bond donors (Lipinski definition) is 1. The molecule has 1 fully saturated rings. The van der Waals surface area contributed by atoms with E-state index in [0.29, 0.717) is 5.92 Å². The van der Waals surface area contributed by atoms with Crippen LogP contribution in [0.15, 0.2) is 9.63 Å². The van der Waals surface area contributed by atoms with Crippen LogP contribution >= 0.6 is 15.9 Å². The molecule has 2 atom stereocenters. The molecule has 0 amide bonds. The van der Waals surface area contributed by atoms with E-state index in [1.165, 1.54) is 4.68 Å². The van der Waals surface area contributed by atoms with Crippen molar-refractivity contribution in [3.8, 4) is 0 Å². The molecule has 0 spiro atoms. The minimum atomic E-state index is -3.52. The van der Waals surface area contributed by atoms with Gasteiger partial charge in [-0.2, -0.15) is 0 Å². The van der Waals surface area contributed by atoms with Gasteiger partial charge in [-0.3, -0.25) is 0 Å². The van der Waals surface area contributed by atoms with Crippen LogP contribution in [0.3, 0.4) is 0 Å². The quantitative estimate of drug-likeness (QED) is 0.886. The van der Waals surface area contributed by atoms with Gasteiger partial charge in [0, 0.05) is 13.1 Å². The number of sulfonamides is 1. The van der Waals surface area contributed by atoms with Crippen molar-refractivity contribution in [3.05, 3.63) is 4.60 Å². The summed E-state index contributed by atoms with van der Waals surface area (Å²) in [7, 11) is -1.96. The van der Waals surface area contributed by atoms with Gasteiger partial charge in [-0.25, -0.2) is 17.8 Å². The third kappa shape index (κ3) is 2.14. The fourth-order valence-corrected chi connectivity index (χ4v) is 4.12. The van der Waals surface area contributed by atoms with E-state index in [-0.39, 0.29) is 15.7 Å². The molecule has 1 aromatic heterocycles. The summed E-state index contributed by atoms with van der Waals surface area (Å²) in [5, 5.41) is 7.39. The molecule has 1 N–H and O–H groups in total. The second kappa shape index (κ2) is 4.08. The molecule has 1 aliphatic carbocycles. The van der Waals surface area contributed by atoms with Gasteiger partial charge in [-0.15, -0.1) is 5.10 Å². The molecular weight excluding hydrogens is 296 g/mol. The summed E-state index contributed by atoms with van der Waals surface area (Å²) in [5.74, 6) is 0.467. The van der Waals surface area contributed by atoms with E-state index < -0.39 is 10.0 Å². The average Bonchev–Trinajstić information content (AvgIpc) is 2.83. The molecule has 1 saturated carbocycles. The molecule has 0 aromatic carbocycles. The van der Waals surface area contributed by atoms with Gasteiger partial charge in [-0.05, 0) is 28.3 Å². The van der Waals surface area contributed by atoms with Crippen molar-refractivity contribution < 1.29 is 8.42 Å². The maximum Gasteiger partial charge on any atom is 0.260 e. The summed E-state index contributed by atoms with van der Waals surface area (Å²) >= 11 is 3.08. The Kier molecular flexibility index (Phi) is 3.06. The normalized spacial score (nSPS) is 24.7. The van der Waals surface area contributed by atoms with Crippen LogP contribution in [0.2, 0.25) is 0 Å². The molecule has 1 aromatic rings. The highest BCUT2D eigenvalue weighted by molar-refractivity contribution is 9.10. The molecule has 1 heterocycles. The summed E-state index contributed by atoms with van der Waals surface area (Å²) in [6.07, 6.45) is 1.91. The van der Waals surface area contributed by atoms with Crippen LogP contribution in [0.1, 0.15) is 19.8 Å². The highest BCUT2D eigenvalue weighted by Gasteiger charge is 2.40. The predicted octanol–water partition coefficient (Wildman–Crippen LogP) is 0.654. The topological polar surface area (TPSA) is 76.9 Å². The fourth-order valence-electron chi connectivity index (χ4n) is 1.71. The first-order valence-corrected chi connectivity index (χ1v) is 7.31. The second-order valence-corrected chi connectivity index (χ2v) is 6.32. The van der Waals surface area contributed by atoms with Gasteiger partial charge in [0.25, 0.3) is 10.0 Å². The third-order valence-corrected chi connectivity index (χ3v) is 5.12. The lowest BCUT2D eigenvalue weighted by molar-refractivity contribution is 0.555. The Labute approximate surface area is 103 Å². The van der Waals surface area contributed by atoms with Gasteiger partial charge in [0.15, 0.2) is 4.60 Å². The lowest BCUT2D eigenvalue weighted by Crippen LogP contribution is -2.29. The van der Waals surface area contributed by atoms with Crippen LogP contribution in [0.4, 0.5) is 0 Å². The molecule has 2 unspecified atom stereocenters. The van der Waals surface area contributed by atoms with E-state index in [2.05, 4.69) is 37.9 Å². The summed E-state index contributed by atoms with van der Waals surface area (Å²) in [5.41, 5.74) is 0. The number of nitrogens with one attached hydrogen (secondary N) is 1. The molecule has 0 saturated heterocycles. The van der Waals surface area contributed by atoms with Gasteiger partial charge in [0.05, 0.1) is 0 Å². The Bertz CT molecular complexity index is 479. The summed E-state index contributed by atoms with van der Waals surface area (Å²) in [6.45, 7) is 2.06. The summed E-state index contributed by atoms with van der Waals surface area (Å²) < 4.78 is 28.2. The molecule has 2 rings (SSSR count). The van der Waals surface area contributed by atoms with E-state index in [4.69, 9.17) is 0 Å². The zero-order valence-corrected chi connectivity index (χ0v) is 11.4. The van der Waals surface area contributed by atoms with Crippen molar-refractivity contribution in [1.29, 1.82) is 0 Å². The van der Waals surface area contributed by atoms with Crippen molar-refractivity contribution in [2.45, 2.75) is 30.8 Å². The molecule has 6 nitrogen and oxygen atoms in total. The Morgan fingerprint density at radius 1 is 1.62 bits per heavy atom. The van der Waals surface area contributed by atoms with Crippen LogP contribution < -0.4 is 4.72 Å². The second-order valence-electron chi connectivity index (χ2n) is 3.94. The Morgan fingerprint density at radius 2 is 2.31 bits per heavy atom. The minimum absolute atomic E-state index is 0.0665. The van der Waals surface area contributed by atoms with Gasteiger partial charge in [0.1, 0.15) is 0 Å². The number of rotatable bonds is 4. The standard InChI is InChI=1S/C8H13BrN4O2S/c1-3-5-4-6(5)11-16(14,15)8-7(9)10-12-13(8)2/h5-6,11H,3-4H2,1-2H3. The van der Waals surface area contributed by atoms with E-state index in [1.54, 1.807) is 7.05 Å². The van der Waals surface area contributed by atoms with E-state index in [9.17, 15) is 8.42 Å². The largest absolute Gasteiger partial charge is 0.260 e. The Hall–Kier alpha value is -0.470. The van der Waals surface area contributed by atoms with E-state index in [0.717, 1.165) is 12.8 Å². The summed E-state index contributed by atoms with van der Waals surface area (Å²) in [4.78, 5) is 0. The molecule has 0 bridgehead atoms. The smallest absolute Gasteiger partial charge is 0.235 e. The van der Waals surface area contributed by atoms with Crippen LogP contribution in [-0.4, -0.2) is 29.5 Å². The monoisotopic (exact) mass is 308 g/mol. The SMILES string of the molecule is CCC1CC1NS(=O)(=O)c1c(Br)nnn1C. The molecular formula is C8H13BrN4O2S. The number of hydrogen-bond acceptors (Lipinski definition) is 4. The first-order chi connectivity index (χ1) is 7.45. The maximum atomic E-state index is 12.0. The lowest BCUT2D eigenvalue weighted by atomic mass is 10.3. The lowest BCUT2D eigenvalue weighted by Gasteiger charge is -2.05. The van der Waals surface area contributed by atoms with Gasteiger partial charge in [-0.1, -0.05) is 18.6 Å².